The van der Waals surface area contributed by atoms with Crippen LogP contribution < -0.4 is 0 Å². The van der Waals surface area contributed by atoms with Gasteiger partial charge in [0.15, 0.2) is 5.82 Å². The van der Waals surface area contributed by atoms with Crippen LogP contribution in [-0.4, -0.2) is 9.97 Å². The fourth-order valence-corrected chi connectivity index (χ4v) is 8.55. The highest BCUT2D eigenvalue weighted by Gasteiger charge is 2.21. The second-order valence-electron chi connectivity index (χ2n) is 15.3. The molecule has 0 radical (unpaired) electrons. The molecule has 11 aromatic rings. The molecule has 0 atom stereocenters. The third-order valence-corrected chi connectivity index (χ3v) is 11.5. The van der Waals surface area contributed by atoms with Crippen molar-refractivity contribution >= 4 is 21.9 Å². The Hall–Kier alpha value is -8.14. The van der Waals surface area contributed by atoms with E-state index in [1.165, 1.54) is 0 Å². The fraction of sp³-hybridized carbons (Fsp3) is 0. The van der Waals surface area contributed by atoms with Crippen LogP contribution in [0.3, 0.4) is 0 Å². The molecular weight excluding hydrogens is 741 g/mol. The zero-order valence-corrected chi connectivity index (χ0v) is 33.2. The van der Waals surface area contributed by atoms with Crippen molar-refractivity contribution in [3.8, 4) is 89.5 Å². The highest BCUT2D eigenvalue weighted by molar-refractivity contribution is 6.12. The van der Waals surface area contributed by atoms with Crippen LogP contribution in [0.1, 0.15) is 0 Å². The summed E-state index contributed by atoms with van der Waals surface area (Å²) in [4.78, 5) is 10.2. The number of furan rings is 1. The lowest BCUT2D eigenvalue weighted by molar-refractivity contribution is 0.670. The van der Waals surface area contributed by atoms with Crippen molar-refractivity contribution in [1.29, 1.82) is 0 Å². The molecule has 0 bridgehead atoms. The Morgan fingerprint density at radius 1 is 0.279 bits per heavy atom. The van der Waals surface area contributed by atoms with Gasteiger partial charge in [-0.3, -0.25) is 0 Å². The number of para-hydroxylation sites is 2. The minimum absolute atomic E-state index is 0.699. The van der Waals surface area contributed by atoms with E-state index >= 15 is 0 Å². The normalized spacial score (nSPS) is 11.3. The molecule has 0 spiro atoms. The smallest absolute Gasteiger partial charge is 0.160 e. The standard InChI is InChI=1S/C58H38N2O/c1-5-18-39(19-6-1)47-36-51(56(41-22-9-3-10-23-41)52(37-47)50-32-17-31-49-48-30-13-14-33-55(48)61-57(49)50)45-28-15-26-43(34-45)44-27-16-29-46(35-44)54-38-53(40-20-7-2-8-21-40)59-58(60-54)42-24-11-4-12-25-42/h1-38H. The van der Waals surface area contributed by atoms with E-state index in [-0.39, 0.29) is 0 Å². The maximum Gasteiger partial charge on any atom is 0.160 e. The van der Waals surface area contributed by atoms with Crippen LogP contribution in [0.15, 0.2) is 235 Å². The maximum absolute atomic E-state index is 6.70. The van der Waals surface area contributed by atoms with Gasteiger partial charge < -0.3 is 4.42 Å². The fourth-order valence-electron chi connectivity index (χ4n) is 8.55. The minimum atomic E-state index is 0.699. The summed E-state index contributed by atoms with van der Waals surface area (Å²) in [5.41, 5.74) is 17.8. The summed E-state index contributed by atoms with van der Waals surface area (Å²) in [7, 11) is 0. The van der Waals surface area contributed by atoms with Crippen molar-refractivity contribution in [2.45, 2.75) is 0 Å². The first kappa shape index (κ1) is 36.0. The Labute approximate surface area is 354 Å². The van der Waals surface area contributed by atoms with E-state index in [1.807, 2.05) is 42.5 Å². The first-order valence-electron chi connectivity index (χ1n) is 20.6. The first-order valence-corrected chi connectivity index (χ1v) is 20.6. The van der Waals surface area contributed by atoms with Gasteiger partial charge in [0.1, 0.15) is 11.2 Å². The molecule has 2 heterocycles. The molecule has 0 aliphatic rings. The molecule has 2 aromatic heterocycles. The van der Waals surface area contributed by atoms with Crippen LogP contribution in [0.4, 0.5) is 0 Å². The van der Waals surface area contributed by atoms with Crippen molar-refractivity contribution in [2.24, 2.45) is 0 Å². The van der Waals surface area contributed by atoms with Gasteiger partial charge in [-0.1, -0.05) is 194 Å². The lowest BCUT2D eigenvalue weighted by Gasteiger charge is -2.20. The number of hydrogen-bond donors (Lipinski definition) is 0. The Morgan fingerprint density at radius 3 is 1.48 bits per heavy atom. The van der Waals surface area contributed by atoms with E-state index in [9.17, 15) is 0 Å². The van der Waals surface area contributed by atoms with E-state index in [0.29, 0.717) is 5.82 Å². The van der Waals surface area contributed by atoms with Gasteiger partial charge in [-0.25, -0.2) is 9.97 Å². The molecular formula is C58H38N2O. The van der Waals surface area contributed by atoms with Gasteiger partial charge >= 0.3 is 0 Å². The quantitative estimate of drug-likeness (QED) is 0.154. The monoisotopic (exact) mass is 778 g/mol. The Bertz CT molecular complexity index is 3280. The molecule has 0 saturated carbocycles. The summed E-state index contributed by atoms with van der Waals surface area (Å²) in [5, 5.41) is 2.22. The molecule has 286 valence electrons. The molecule has 3 nitrogen and oxygen atoms in total. The summed E-state index contributed by atoms with van der Waals surface area (Å²) in [5.74, 6) is 0.699. The van der Waals surface area contributed by atoms with E-state index < -0.39 is 0 Å². The average molecular weight is 779 g/mol. The predicted molar refractivity (Wildman–Crippen MR) is 253 cm³/mol. The summed E-state index contributed by atoms with van der Waals surface area (Å²) in [6, 6.07) is 81.2. The molecule has 11 rings (SSSR count). The van der Waals surface area contributed by atoms with Crippen molar-refractivity contribution < 1.29 is 4.42 Å². The molecule has 61 heavy (non-hydrogen) atoms. The second-order valence-corrected chi connectivity index (χ2v) is 15.3. The summed E-state index contributed by atoms with van der Waals surface area (Å²) in [6.45, 7) is 0. The van der Waals surface area contributed by atoms with Gasteiger partial charge in [0.2, 0.25) is 0 Å². The highest BCUT2D eigenvalue weighted by Crippen LogP contribution is 2.47. The number of benzene rings is 9. The third-order valence-electron chi connectivity index (χ3n) is 11.5. The minimum Gasteiger partial charge on any atom is -0.455 e. The summed E-state index contributed by atoms with van der Waals surface area (Å²) >= 11 is 0. The Morgan fingerprint density at radius 2 is 0.770 bits per heavy atom. The van der Waals surface area contributed by atoms with Crippen molar-refractivity contribution in [1.82, 2.24) is 9.97 Å². The number of hydrogen-bond acceptors (Lipinski definition) is 3. The Balaban J connectivity index is 1.10. The molecule has 0 aliphatic heterocycles. The first-order chi connectivity index (χ1) is 30.2. The highest BCUT2D eigenvalue weighted by atomic mass is 16.3. The van der Waals surface area contributed by atoms with Crippen LogP contribution in [0.5, 0.6) is 0 Å². The van der Waals surface area contributed by atoms with Gasteiger partial charge in [-0.2, -0.15) is 0 Å². The molecule has 0 N–H and O–H groups in total. The number of rotatable bonds is 8. The van der Waals surface area contributed by atoms with Crippen LogP contribution in [0.2, 0.25) is 0 Å². The van der Waals surface area contributed by atoms with Crippen LogP contribution >= 0.6 is 0 Å². The van der Waals surface area contributed by atoms with Crippen LogP contribution in [-0.2, 0) is 0 Å². The average Bonchev–Trinajstić information content (AvgIpc) is 3.74. The second kappa shape index (κ2) is 15.6. The third kappa shape index (κ3) is 6.88. The lowest BCUT2D eigenvalue weighted by atomic mass is 9.84. The molecule has 0 saturated heterocycles. The van der Waals surface area contributed by atoms with Crippen LogP contribution in [0, 0.1) is 0 Å². The van der Waals surface area contributed by atoms with Crippen molar-refractivity contribution in [2.75, 3.05) is 0 Å². The SMILES string of the molecule is c1ccc(-c2cc(-c3cccc(-c4cccc(-c5cc(-c6ccccc6)nc(-c6ccccc6)n5)c4)c3)c(-c3ccccc3)c(-c3cccc4c3oc3ccccc34)c2)cc1. The zero-order valence-electron chi connectivity index (χ0n) is 33.2. The van der Waals surface area contributed by atoms with Crippen molar-refractivity contribution in [3.63, 3.8) is 0 Å². The molecule has 0 unspecified atom stereocenters. The topological polar surface area (TPSA) is 38.9 Å². The van der Waals surface area contributed by atoms with Gasteiger partial charge in [-0.05, 0) is 86.5 Å². The lowest BCUT2D eigenvalue weighted by Crippen LogP contribution is -1.96. The number of fused-ring (bicyclic) bond motifs is 3. The summed E-state index contributed by atoms with van der Waals surface area (Å²) < 4.78 is 6.70. The number of aromatic nitrogens is 2. The molecule has 0 fully saturated rings. The largest absolute Gasteiger partial charge is 0.455 e. The van der Waals surface area contributed by atoms with Crippen LogP contribution in [0.25, 0.3) is 111 Å². The van der Waals surface area contributed by atoms with Gasteiger partial charge in [0.25, 0.3) is 0 Å². The van der Waals surface area contributed by atoms with E-state index in [1.54, 1.807) is 0 Å². The molecule has 9 aromatic carbocycles. The van der Waals surface area contributed by atoms with E-state index in [4.69, 9.17) is 14.4 Å². The number of nitrogens with zero attached hydrogens (tertiary/aromatic N) is 2. The Kier molecular flexibility index (Phi) is 9.18. The molecule has 0 aliphatic carbocycles. The molecule has 0 amide bonds. The zero-order chi connectivity index (χ0) is 40.5. The van der Waals surface area contributed by atoms with Gasteiger partial charge in [0, 0.05) is 33.0 Å². The van der Waals surface area contributed by atoms with E-state index in [0.717, 1.165) is 106 Å². The van der Waals surface area contributed by atoms with Crippen molar-refractivity contribution in [3.05, 3.63) is 231 Å². The van der Waals surface area contributed by atoms with E-state index in [2.05, 4.69) is 188 Å². The maximum atomic E-state index is 6.70. The summed E-state index contributed by atoms with van der Waals surface area (Å²) in [6.07, 6.45) is 0. The van der Waals surface area contributed by atoms with Gasteiger partial charge in [-0.15, -0.1) is 0 Å². The predicted octanol–water partition coefficient (Wildman–Crippen LogP) is 15.7. The molecule has 3 heteroatoms. The van der Waals surface area contributed by atoms with Gasteiger partial charge in [0.05, 0.1) is 11.4 Å².